The van der Waals surface area contributed by atoms with Gasteiger partial charge in [-0.1, -0.05) is 18.8 Å². The van der Waals surface area contributed by atoms with Gasteiger partial charge in [0.2, 0.25) is 5.91 Å². The summed E-state index contributed by atoms with van der Waals surface area (Å²) in [5.74, 6) is 5.77. The van der Waals surface area contributed by atoms with Crippen molar-refractivity contribution in [2.75, 3.05) is 4.90 Å². The Labute approximate surface area is 197 Å². The monoisotopic (exact) mass is 460 g/mol. The highest BCUT2D eigenvalue weighted by Gasteiger charge is 2.38. The van der Waals surface area contributed by atoms with Crippen molar-refractivity contribution in [1.29, 1.82) is 0 Å². The third-order valence-corrected chi connectivity index (χ3v) is 7.79. The molecule has 0 spiro atoms. The summed E-state index contributed by atoms with van der Waals surface area (Å²) in [7, 11) is 0. The van der Waals surface area contributed by atoms with E-state index in [1.165, 1.54) is 0 Å². The van der Waals surface area contributed by atoms with Crippen LogP contribution < -0.4 is 4.90 Å². The lowest BCUT2D eigenvalue weighted by Crippen LogP contribution is -2.47. The molecule has 2 aliphatic carbocycles. The van der Waals surface area contributed by atoms with Crippen LogP contribution in [0, 0.1) is 36.0 Å². The van der Waals surface area contributed by atoms with Crippen LogP contribution in [0.3, 0.4) is 0 Å². The third kappa shape index (κ3) is 5.74. The van der Waals surface area contributed by atoms with E-state index in [1.54, 1.807) is 4.90 Å². The first-order valence-electron chi connectivity index (χ1n) is 12.2. The maximum Gasteiger partial charge on any atom is 0.348 e. The summed E-state index contributed by atoms with van der Waals surface area (Å²) in [4.78, 5) is 28.7. The smallest absolute Gasteiger partial charge is 0.348 e. The van der Waals surface area contributed by atoms with Gasteiger partial charge >= 0.3 is 5.97 Å². The van der Waals surface area contributed by atoms with Gasteiger partial charge in [0.1, 0.15) is 4.88 Å². The summed E-state index contributed by atoms with van der Waals surface area (Å²) in [5, 5.41) is 20.2. The molecule has 2 N–H and O–H groups in total. The summed E-state index contributed by atoms with van der Waals surface area (Å²) in [5.41, 5.74) is 0.976. The number of nitrogens with zero attached hydrogens (tertiary/aromatic N) is 1. The topological polar surface area (TPSA) is 77.8 Å². The SMILES string of the molecule is [2H]C1(O)CCC(N(C(=O)C2CCC(C)CC2)c2c(C(=O)O)sc(C#CC(C)(C)C)c2C)CC1. The number of hydrogen-bond acceptors (Lipinski definition) is 4. The van der Waals surface area contributed by atoms with Gasteiger partial charge in [0.25, 0.3) is 0 Å². The lowest BCUT2D eigenvalue weighted by atomic mass is 9.81. The third-order valence-electron chi connectivity index (χ3n) is 6.60. The summed E-state index contributed by atoms with van der Waals surface area (Å²) in [6, 6.07) is -0.225. The maximum absolute atomic E-state index is 13.9. The molecular weight excluding hydrogens is 422 g/mol. The van der Waals surface area contributed by atoms with Gasteiger partial charge in [-0.3, -0.25) is 4.79 Å². The largest absolute Gasteiger partial charge is 0.477 e. The van der Waals surface area contributed by atoms with Crippen molar-refractivity contribution in [2.45, 2.75) is 98.1 Å². The van der Waals surface area contributed by atoms with E-state index in [2.05, 4.69) is 18.8 Å². The van der Waals surface area contributed by atoms with Crippen molar-refractivity contribution in [3.63, 3.8) is 0 Å². The predicted octanol–water partition coefficient (Wildman–Crippen LogP) is 5.62. The first-order valence-corrected chi connectivity index (χ1v) is 12.6. The van der Waals surface area contributed by atoms with Gasteiger partial charge in [-0.05, 0) is 85.0 Å². The molecule has 1 heterocycles. The molecule has 1 aromatic rings. The van der Waals surface area contributed by atoms with Crippen molar-refractivity contribution in [1.82, 2.24) is 0 Å². The summed E-state index contributed by atoms with van der Waals surface area (Å²) in [6.07, 6.45) is 3.64. The molecule has 1 amide bonds. The van der Waals surface area contributed by atoms with E-state index in [1.807, 2.05) is 27.7 Å². The Morgan fingerprint density at radius 2 is 1.69 bits per heavy atom. The predicted molar refractivity (Wildman–Crippen MR) is 129 cm³/mol. The van der Waals surface area contributed by atoms with Gasteiger partial charge < -0.3 is 15.1 Å². The number of carbonyl (C=O) groups excluding carboxylic acids is 1. The van der Waals surface area contributed by atoms with E-state index >= 15 is 0 Å². The highest BCUT2D eigenvalue weighted by Crippen LogP contribution is 2.41. The first kappa shape index (κ1) is 23.3. The van der Waals surface area contributed by atoms with Gasteiger partial charge in [-0.15, -0.1) is 11.3 Å². The number of carboxylic acids is 1. The van der Waals surface area contributed by atoms with Gasteiger partial charge in [-0.2, -0.15) is 0 Å². The van der Waals surface area contributed by atoms with E-state index in [0.29, 0.717) is 29.3 Å². The Bertz CT molecular complexity index is 947. The van der Waals surface area contributed by atoms with Crippen LogP contribution in [0.25, 0.3) is 0 Å². The zero-order chi connectivity index (χ0) is 24.6. The molecule has 0 radical (unpaired) electrons. The van der Waals surface area contributed by atoms with Crippen molar-refractivity contribution < 1.29 is 21.2 Å². The highest BCUT2D eigenvalue weighted by molar-refractivity contribution is 7.15. The van der Waals surface area contributed by atoms with Gasteiger partial charge in [0, 0.05) is 22.9 Å². The van der Waals surface area contributed by atoms with Crippen molar-refractivity contribution in [3.8, 4) is 11.8 Å². The molecule has 1 aromatic heterocycles. The summed E-state index contributed by atoms with van der Waals surface area (Å²) in [6.45, 7) is 10.1. The molecule has 0 aromatic carbocycles. The molecular formula is C26H37NO4S. The minimum absolute atomic E-state index is 0.0129. The van der Waals surface area contributed by atoms with Crippen LogP contribution in [0.1, 0.15) is 101 Å². The van der Waals surface area contributed by atoms with Crippen LogP contribution in [-0.2, 0) is 4.79 Å². The number of hydrogen-bond donors (Lipinski definition) is 2. The van der Waals surface area contributed by atoms with Crippen molar-refractivity contribution >= 4 is 28.9 Å². The minimum atomic E-state index is -1.48. The van der Waals surface area contributed by atoms with Crippen LogP contribution in [0.2, 0.25) is 0 Å². The standard InChI is InChI=1S/C26H37NO4S/c1-16-6-8-18(9-7-16)24(29)27(19-10-12-20(28)13-11-19)22-17(2)21(14-15-26(3,4)5)32-23(22)25(30)31/h16,18-20,28H,6-13H2,1-5H3,(H,30,31)/i20D. The summed E-state index contributed by atoms with van der Waals surface area (Å²) >= 11 is 1.14. The van der Waals surface area contributed by atoms with Gasteiger partial charge in [0.15, 0.2) is 0 Å². The molecule has 176 valence electrons. The number of aromatic carboxylic acids is 1. The number of thiophene rings is 1. The van der Waals surface area contributed by atoms with E-state index < -0.39 is 12.0 Å². The molecule has 5 nitrogen and oxygen atoms in total. The highest BCUT2D eigenvalue weighted by atomic mass is 32.1. The quantitative estimate of drug-likeness (QED) is 0.572. The van der Waals surface area contributed by atoms with Crippen molar-refractivity contribution in [3.05, 3.63) is 15.3 Å². The van der Waals surface area contributed by atoms with Gasteiger partial charge in [-0.25, -0.2) is 4.79 Å². The zero-order valence-electron chi connectivity index (χ0n) is 21.0. The second-order valence-electron chi connectivity index (χ2n) is 10.5. The molecule has 0 bridgehead atoms. The molecule has 2 saturated carbocycles. The average molecular weight is 461 g/mol. The van der Waals surface area contributed by atoms with Crippen LogP contribution in [-0.4, -0.2) is 34.2 Å². The normalized spacial score (nSPS) is 28.9. The molecule has 3 rings (SSSR count). The fourth-order valence-electron chi connectivity index (χ4n) is 4.67. The average Bonchev–Trinajstić information content (AvgIpc) is 3.04. The van der Waals surface area contributed by atoms with Gasteiger partial charge in [0.05, 0.1) is 18.0 Å². The first-order chi connectivity index (χ1) is 15.3. The fourth-order valence-corrected chi connectivity index (χ4v) is 5.67. The Morgan fingerprint density at radius 3 is 2.22 bits per heavy atom. The number of carbonyl (C=O) groups is 2. The second-order valence-corrected chi connectivity index (χ2v) is 11.5. The second kappa shape index (κ2) is 9.97. The van der Waals surface area contributed by atoms with E-state index in [0.717, 1.165) is 42.6 Å². The van der Waals surface area contributed by atoms with Crippen LogP contribution in [0.15, 0.2) is 0 Å². The summed E-state index contributed by atoms with van der Waals surface area (Å²) < 4.78 is 8.00. The molecule has 2 aliphatic rings. The van der Waals surface area contributed by atoms with E-state index in [4.69, 9.17) is 1.37 Å². The maximum atomic E-state index is 13.9. The lowest BCUT2D eigenvalue weighted by molar-refractivity contribution is -0.124. The van der Waals surface area contributed by atoms with Crippen LogP contribution >= 0.6 is 11.3 Å². The fraction of sp³-hybridized carbons (Fsp3) is 0.692. The molecule has 32 heavy (non-hydrogen) atoms. The number of anilines is 1. The lowest BCUT2D eigenvalue weighted by Gasteiger charge is -2.39. The Hall–Kier alpha value is -1.84. The molecule has 6 heteroatoms. The molecule has 0 atom stereocenters. The van der Waals surface area contributed by atoms with Crippen LogP contribution in [0.5, 0.6) is 0 Å². The van der Waals surface area contributed by atoms with Crippen LogP contribution in [0.4, 0.5) is 5.69 Å². The zero-order valence-corrected chi connectivity index (χ0v) is 20.8. The molecule has 2 fully saturated rings. The number of aliphatic hydroxyl groups is 1. The number of rotatable bonds is 4. The number of carboxylic acid groups (broad SMARTS) is 1. The Morgan fingerprint density at radius 1 is 1.09 bits per heavy atom. The minimum Gasteiger partial charge on any atom is -0.477 e. The molecule has 0 aliphatic heterocycles. The Balaban J connectivity index is 2.07. The Kier molecular flexibility index (Phi) is 7.27. The number of amides is 1. The van der Waals surface area contributed by atoms with E-state index in [9.17, 15) is 19.8 Å². The molecule has 0 saturated heterocycles. The molecule has 0 unspecified atom stereocenters. The van der Waals surface area contributed by atoms with Crippen molar-refractivity contribution in [2.24, 2.45) is 17.3 Å². The van der Waals surface area contributed by atoms with E-state index in [-0.39, 0.29) is 41.0 Å².